The lowest BCUT2D eigenvalue weighted by Gasteiger charge is -2.01. The van der Waals surface area contributed by atoms with Gasteiger partial charge in [0.2, 0.25) is 0 Å². The van der Waals surface area contributed by atoms with Crippen molar-refractivity contribution < 1.29 is 9.90 Å². The van der Waals surface area contributed by atoms with E-state index in [0.717, 1.165) is 5.56 Å². The number of aromatic carboxylic acids is 1. The molecule has 0 amide bonds. The van der Waals surface area contributed by atoms with E-state index in [1.807, 2.05) is 30.3 Å². The monoisotopic (exact) mass is 239 g/mol. The maximum atomic E-state index is 10.9. The second-order valence-corrected chi connectivity index (χ2v) is 3.80. The molecule has 5 heteroatoms. The summed E-state index contributed by atoms with van der Waals surface area (Å²) >= 11 is 0. The van der Waals surface area contributed by atoms with Crippen LogP contribution in [-0.2, 0) is 0 Å². The fraction of sp³-hybridized carbons (Fsp3) is 0. The molecule has 0 aliphatic rings. The van der Waals surface area contributed by atoms with E-state index in [-0.39, 0.29) is 5.69 Å². The van der Waals surface area contributed by atoms with Gasteiger partial charge in [-0.1, -0.05) is 30.3 Å². The average Bonchev–Trinajstić information content (AvgIpc) is 2.83. The molecule has 0 fully saturated rings. The Hall–Kier alpha value is -2.69. The van der Waals surface area contributed by atoms with Gasteiger partial charge < -0.3 is 9.51 Å². The highest BCUT2D eigenvalue weighted by Gasteiger charge is 2.12. The number of carbonyl (C=O) groups is 1. The summed E-state index contributed by atoms with van der Waals surface area (Å²) in [6, 6.07) is 9.55. The third kappa shape index (κ3) is 1.62. The van der Waals surface area contributed by atoms with Crippen LogP contribution in [0.3, 0.4) is 0 Å². The Balaban J connectivity index is 2.27. The molecule has 0 bridgehead atoms. The van der Waals surface area contributed by atoms with Crippen LogP contribution in [0.1, 0.15) is 10.5 Å². The third-order valence-corrected chi connectivity index (χ3v) is 2.64. The zero-order chi connectivity index (χ0) is 12.5. The lowest BCUT2D eigenvalue weighted by molar-refractivity contribution is 0.0691. The predicted molar refractivity (Wildman–Crippen MR) is 65.4 cm³/mol. The van der Waals surface area contributed by atoms with Crippen LogP contribution in [0.5, 0.6) is 0 Å². The van der Waals surface area contributed by atoms with Crippen LogP contribution >= 0.6 is 0 Å². The number of imidazole rings is 1. The van der Waals surface area contributed by atoms with Crippen LogP contribution in [-0.4, -0.2) is 25.4 Å². The number of fused-ring (bicyclic) bond motifs is 1. The number of carboxylic acid groups (broad SMARTS) is 1. The summed E-state index contributed by atoms with van der Waals surface area (Å²) in [5.41, 5.74) is 2.14. The number of benzene rings is 1. The Bertz CT molecular complexity index is 719. The van der Waals surface area contributed by atoms with Gasteiger partial charge in [0.1, 0.15) is 5.69 Å². The number of hydrogen-bond acceptors (Lipinski definition) is 3. The first-order valence-electron chi connectivity index (χ1n) is 5.38. The summed E-state index contributed by atoms with van der Waals surface area (Å²) in [6.45, 7) is 0. The summed E-state index contributed by atoms with van der Waals surface area (Å²) in [6.07, 6.45) is 4.79. The third-order valence-electron chi connectivity index (χ3n) is 2.64. The number of aromatic nitrogens is 3. The molecule has 88 valence electrons. The minimum absolute atomic E-state index is 0.0141. The molecule has 3 aromatic rings. The summed E-state index contributed by atoms with van der Waals surface area (Å²) in [5.74, 6) is -1.04. The number of hydrogen-bond donors (Lipinski definition) is 1. The van der Waals surface area contributed by atoms with Crippen molar-refractivity contribution in [2.24, 2.45) is 0 Å². The van der Waals surface area contributed by atoms with Gasteiger partial charge in [0, 0.05) is 24.2 Å². The Morgan fingerprint density at radius 2 is 2.00 bits per heavy atom. The van der Waals surface area contributed by atoms with Gasteiger partial charge in [0.15, 0.2) is 11.3 Å². The van der Waals surface area contributed by atoms with Crippen LogP contribution in [0.2, 0.25) is 0 Å². The van der Waals surface area contributed by atoms with Gasteiger partial charge in [-0.25, -0.2) is 9.78 Å². The average molecular weight is 239 g/mol. The second-order valence-electron chi connectivity index (χ2n) is 3.80. The molecule has 0 saturated carbocycles. The first-order chi connectivity index (χ1) is 8.75. The Labute approximate surface area is 102 Å². The Kier molecular flexibility index (Phi) is 2.30. The van der Waals surface area contributed by atoms with E-state index in [4.69, 9.17) is 5.11 Å². The van der Waals surface area contributed by atoms with Crippen molar-refractivity contribution in [3.8, 4) is 11.3 Å². The molecule has 2 aromatic heterocycles. The predicted octanol–water partition coefficient (Wildman–Crippen LogP) is 2.09. The van der Waals surface area contributed by atoms with E-state index in [1.54, 1.807) is 16.8 Å². The SMILES string of the molecule is O=C(O)c1cn2ccnc(-c3ccccc3)c2n1. The quantitative estimate of drug-likeness (QED) is 0.743. The number of nitrogens with zero attached hydrogens (tertiary/aromatic N) is 3. The maximum Gasteiger partial charge on any atom is 0.356 e. The van der Waals surface area contributed by atoms with Gasteiger partial charge in [0.25, 0.3) is 0 Å². The summed E-state index contributed by atoms with van der Waals surface area (Å²) in [7, 11) is 0. The molecule has 1 aromatic carbocycles. The molecular formula is C13H9N3O2. The highest BCUT2D eigenvalue weighted by molar-refractivity contribution is 5.87. The minimum Gasteiger partial charge on any atom is -0.476 e. The van der Waals surface area contributed by atoms with Crippen LogP contribution < -0.4 is 0 Å². The highest BCUT2D eigenvalue weighted by atomic mass is 16.4. The molecule has 18 heavy (non-hydrogen) atoms. The molecule has 0 unspecified atom stereocenters. The molecule has 0 spiro atoms. The first-order valence-corrected chi connectivity index (χ1v) is 5.38. The largest absolute Gasteiger partial charge is 0.476 e. The first kappa shape index (κ1) is 10.5. The van der Waals surface area contributed by atoms with Crippen molar-refractivity contribution in [1.82, 2.24) is 14.4 Å². The normalized spacial score (nSPS) is 10.7. The molecule has 0 aliphatic carbocycles. The van der Waals surface area contributed by atoms with E-state index in [1.165, 1.54) is 6.20 Å². The lowest BCUT2D eigenvalue weighted by Crippen LogP contribution is -1.95. The van der Waals surface area contributed by atoms with Crippen molar-refractivity contribution in [3.63, 3.8) is 0 Å². The standard InChI is InChI=1S/C13H9N3O2/c17-13(18)10-8-16-7-6-14-11(12(16)15-10)9-4-2-1-3-5-9/h1-8H,(H,17,18). The van der Waals surface area contributed by atoms with Crippen molar-refractivity contribution in [2.75, 3.05) is 0 Å². The lowest BCUT2D eigenvalue weighted by atomic mass is 10.1. The van der Waals surface area contributed by atoms with E-state index in [0.29, 0.717) is 11.3 Å². The van der Waals surface area contributed by atoms with Gasteiger partial charge in [-0.2, -0.15) is 0 Å². The van der Waals surface area contributed by atoms with Crippen molar-refractivity contribution in [3.05, 3.63) is 54.6 Å². The van der Waals surface area contributed by atoms with Gasteiger partial charge in [-0.05, 0) is 0 Å². The van der Waals surface area contributed by atoms with Gasteiger partial charge in [0.05, 0.1) is 0 Å². The van der Waals surface area contributed by atoms with Crippen molar-refractivity contribution in [1.29, 1.82) is 0 Å². The van der Waals surface area contributed by atoms with Crippen LogP contribution in [0, 0.1) is 0 Å². The summed E-state index contributed by atoms with van der Waals surface area (Å²) in [5, 5.41) is 8.95. The Morgan fingerprint density at radius 1 is 1.22 bits per heavy atom. The molecule has 0 radical (unpaired) electrons. The van der Waals surface area contributed by atoms with E-state index in [2.05, 4.69) is 9.97 Å². The van der Waals surface area contributed by atoms with Crippen molar-refractivity contribution >= 4 is 11.6 Å². The molecule has 1 N–H and O–H groups in total. The van der Waals surface area contributed by atoms with E-state index >= 15 is 0 Å². The van der Waals surface area contributed by atoms with E-state index < -0.39 is 5.97 Å². The number of carboxylic acids is 1. The van der Waals surface area contributed by atoms with Crippen LogP contribution in [0.4, 0.5) is 0 Å². The molecular weight excluding hydrogens is 230 g/mol. The van der Waals surface area contributed by atoms with Gasteiger partial charge in [-0.3, -0.25) is 4.98 Å². The Morgan fingerprint density at radius 3 is 2.72 bits per heavy atom. The second kappa shape index (κ2) is 3.96. The summed E-state index contributed by atoms with van der Waals surface area (Å²) in [4.78, 5) is 19.3. The molecule has 0 atom stereocenters. The molecule has 3 rings (SSSR count). The van der Waals surface area contributed by atoms with Gasteiger partial charge >= 0.3 is 5.97 Å². The number of rotatable bonds is 2. The van der Waals surface area contributed by atoms with Crippen LogP contribution in [0.15, 0.2) is 48.9 Å². The van der Waals surface area contributed by atoms with Crippen LogP contribution in [0.25, 0.3) is 16.9 Å². The molecule has 2 heterocycles. The fourth-order valence-electron chi connectivity index (χ4n) is 1.82. The zero-order valence-electron chi connectivity index (χ0n) is 9.32. The smallest absolute Gasteiger partial charge is 0.356 e. The molecule has 5 nitrogen and oxygen atoms in total. The molecule has 0 saturated heterocycles. The topological polar surface area (TPSA) is 67.5 Å². The highest BCUT2D eigenvalue weighted by Crippen LogP contribution is 2.21. The minimum atomic E-state index is -1.04. The molecule has 0 aliphatic heterocycles. The fourth-order valence-corrected chi connectivity index (χ4v) is 1.82. The van der Waals surface area contributed by atoms with Crippen molar-refractivity contribution in [2.45, 2.75) is 0 Å². The summed E-state index contributed by atoms with van der Waals surface area (Å²) < 4.78 is 1.67. The zero-order valence-corrected chi connectivity index (χ0v) is 9.32. The van der Waals surface area contributed by atoms with Gasteiger partial charge in [-0.15, -0.1) is 0 Å². The van der Waals surface area contributed by atoms with E-state index in [9.17, 15) is 4.79 Å². The maximum absolute atomic E-state index is 10.9.